The summed E-state index contributed by atoms with van der Waals surface area (Å²) in [6.45, 7) is 12.0. The van der Waals surface area contributed by atoms with E-state index in [1.165, 1.54) is 5.56 Å². The quantitative estimate of drug-likeness (QED) is 0.839. The fourth-order valence-corrected chi connectivity index (χ4v) is 3.00. The van der Waals surface area contributed by atoms with Crippen LogP contribution in [0.1, 0.15) is 25.1 Å². The Hall–Kier alpha value is -0.580. The summed E-state index contributed by atoms with van der Waals surface area (Å²) in [5.41, 5.74) is 2.23. The molecule has 5 heteroatoms. The Labute approximate surface area is 115 Å². The summed E-state index contributed by atoms with van der Waals surface area (Å²) in [5.74, 6) is 0. The molecule has 0 aliphatic carbocycles. The fourth-order valence-electron chi connectivity index (χ4n) is 2.76. The normalized spacial score (nSPS) is 22.6. The van der Waals surface area contributed by atoms with Gasteiger partial charge in [-0.05, 0) is 20.4 Å². The number of aromatic nitrogens is 2. The summed E-state index contributed by atoms with van der Waals surface area (Å²) in [6, 6.07) is 0.625. The van der Waals surface area contributed by atoms with Gasteiger partial charge in [0.2, 0.25) is 0 Å². The third-order valence-corrected chi connectivity index (χ3v) is 4.38. The molecular formula is C13H23ClN4. The molecule has 0 bridgehead atoms. The van der Waals surface area contributed by atoms with Crippen molar-refractivity contribution in [1.82, 2.24) is 19.6 Å². The van der Waals surface area contributed by atoms with Gasteiger partial charge in [-0.2, -0.15) is 5.10 Å². The standard InChI is InChI=1S/C13H23ClN4/c1-5-18-7-6-17(8-10(18)2)9-12-11(3)15-16(4)13(12)14/h10H,5-9H2,1-4H3. The van der Waals surface area contributed by atoms with Crippen molar-refractivity contribution < 1.29 is 0 Å². The van der Waals surface area contributed by atoms with Gasteiger partial charge in [0.05, 0.1) is 5.69 Å². The van der Waals surface area contributed by atoms with E-state index in [4.69, 9.17) is 11.6 Å². The minimum absolute atomic E-state index is 0.625. The predicted molar refractivity (Wildman–Crippen MR) is 74.9 cm³/mol. The first-order chi connectivity index (χ1) is 8.52. The second-order valence-corrected chi connectivity index (χ2v) is 5.55. The zero-order chi connectivity index (χ0) is 13.3. The van der Waals surface area contributed by atoms with Crippen molar-refractivity contribution in [2.24, 2.45) is 7.05 Å². The summed E-state index contributed by atoms with van der Waals surface area (Å²) in [6.07, 6.45) is 0. The van der Waals surface area contributed by atoms with Gasteiger partial charge in [0, 0.05) is 44.8 Å². The Kier molecular flexibility index (Phi) is 4.30. The van der Waals surface area contributed by atoms with Crippen molar-refractivity contribution in [3.63, 3.8) is 0 Å². The van der Waals surface area contributed by atoms with Gasteiger partial charge >= 0.3 is 0 Å². The molecule has 0 N–H and O–H groups in total. The largest absolute Gasteiger partial charge is 0.298 e. The molecule has 0 radical (unpaired) electrons. The second kappa shape index (κ2) is 5.59. The van der Waals surface area contributed by atoms with Crippen LogP contribution in [-0.4, -0.2) is 51.8 Å². The molecule has 1 aliphatic rings. The van der Waals surface area contributed by atoms with E-state index < -0.39 is 0 Å². The van der Waals surface area contributed by atoms with E-state index in [2.05, 4.69) is 28.7 Å². The first kappa shape index (κ1) is 13.8. The van der Waals surface area contributed by atoms with Crippen LogP contribution in [0.3, 0.4) is 0 Å². The van der Waals surface area contributed by atoms with Crippen LogP contribution >= 0.6 is 11.6 Å². The lowest BCUT2D eigenvalue weighted by atomic mass is 10.1. The molecular weight excluding hydrogens is 248 g/mol. The lowest BCUT2D eigenvalue weighted by molar-refractivity contribution is 0.0833. The van der Waals surface area contributed by atoms with Crippen LogP contribution in [0.4, 0.5) is 0 Å². The van der Waals surface area contributed by atoms with Crippen molar-refractivity contribution in [2.75, 3.05) is 26.2 Å². The van der Waals surface area contributed by atoms with E-state index in [1.807, 2.05) is 14.0 Å². The molecule has 0 aromatic carbocycles. The minimum Gasteiger partial charge on any atom is -0.298 e. The zero-order valence-electron chi connectivity index (χ0n) is 11.8. The maximum absolute atomic E-state index is 6.29. The number of hydrogen-bond donors (Lipinski definition) is 0. The maximum Gasteiger partial charge on any atom is 0.131 e. The highest BCUT2D eigenvalue weighted by molar-refractivity contribution is 6.30. The summed E-state index contributed by atoms with van der Waals surface area (Å²) in [7, 11) is 1.90. The van der Waals surface area contributed by atoms with Gasteiger partial charge in [0.1, 0.15) is 5.15 Å². The Bertz CT molecular complexity index is 415. The third-order valence-electron chi connectivity index (χ3n) is 3.91. The van der Waals surface area contributed by atoms with Crippen molar-refractivity contribution in [3.8, 4) is 0 Å². The van der Waals surface area contributed by atoms with Crippen LogP contribution in [0.2, 0.25) is 5.15 Å². The van der Waals surface area contributed by atoms with Crippen LogP contribution in [0.15, 0.2) is 0 Å². The Morgan fingerprint density at radius 3 is 2.61 bits per heavy atom. The molecule has 1 fully saturated rings. The summed E-state index contributed by atoms with van der Waals surface area (Å²) in [5, 5.41) is 5.15. The van der Waals surface area contributed by atoms with E-state index in [0.29, 0.717) is 6.04 Å². The van der Waals surface area contributed by atoms with Crippen molar-refractivity contribution in [3.05, 3.63) is 16.4 Å². The average Bonchev–Trinajstić information content (AvgIpc) is 2.56. The maximum atomic E-state index is 6.29. The number of piperazine rings is 1. The Balaban J connectivity index is 2.02. The highest BCUT2D eigenvalue weighted by Gasteiger charge is 2.24. The monoisotopic (exact) mass is 270 g/mol. The van der Waals surface area contributed by atoms with Crippen LogP contribution < -0.4 is 0 Å². The minimum atomic E-state index is 0.625. The molecule has 2 rings (SSSR count). The van der Waals surface area contributed by atoms with E-state index in [1.54, 1.807) is 4.68 Å². The molecule has 1 aliphatic heterocycles. The summed E-state index contributed by atoms with van der Waals surface area (Å²) >= 11 is 6.29. The van der Waals surface area contributed by atoms with Gasteiger partial charge in [0.15, 0.2) is 0 Å². The number of halogens is 1. The Morgan fingerprint density at radius 1 is 1.39 bits per heavy atom. The molecule has 102 valence electrons. The van der Waals surface area contributed by atoms with E-state index in [9.17, 15) is 0 Å². The SMILES string of the molecule is CCN1CCN(Cc2c(C)nn(C)c2Cl)CC1C. The van der Waals surface area contributed by atoms with Gasteiger partial charge in [-0.1, -0.05) is 18.5 Å². The fraction of sp³-hybridized carbons (Fsp3) is 0.769. The first-order valence-corrected chi connectivity index (χ1v) is 7.05. The molecule has 1 aromatic rings. The van der Waals surface area contributed by atoms with Crippen molar-refractivity contribution in [2.45, 2.75) is 33.4 Å². The highest BCUT2D eigenvalue weighted by atomic mass is 35.5. The van der Waals surface area contributed by atoms with E-state index >= 15 is 0 Å². The van der Waals surface area contributed by atoms with Gasteiger partial charge in [0.25, 0.3) is 0 Å². The summed E-state index contributed by atoms with van der Waals surface area (Å²) in [4.78, 5) is 5.00. The van der Waals surface area contributed by atoms with Crippen LogP contribution in [-0.2, 0) is 13.6 Å². The smallest absolute Gasteiger partial charge is 0.131 e. The average molecular weight is 271 g/mol. The number of nitrogens with zero attached hydrogens (tertiary/aromatic N) is 4. The lowest BCUT2D eigenvalue weighted by Crippen LogP contribution is -2.51. The molecule has 18 heavy (non-hydrogen) atoms. The molecule has 0 saturated carbocycles. The molecule has 2 heterocycles. The summed E-state index contributed by atoms with van der Waals surface area (Å²) < 4.78 is 1.76. The van der Waals surface area contributed by atoms with Crippen molar-refractivity contribution >= 4 is 11.6 Å². The van der Waals surface area contributed by atoms with E-state index in [-0.39, 0.29) is 0 Å². The van der Waals surface area contributed by atoms with Crippen molar-refractivity contribution in [1.29, 1.82) is 0 Å². The highest BCUT2D eigenvalue weighted by Crippen LogP contribution is 2.22. The molecule has 1 atom stereocenters. The molecule has 4 nitrogen and oxygen atoms in total. The molecule has 1 aromatic heterocycles. The Morgan fingerprint density at radius 2 is 2.11 bits per heavy atom. The van der Waals surface area contributed by atoms with Gasteiger partial charge in [-0.3, -0.25) is 14.5 Å². The molecule has 0 amide bonds. The second-order valence-electron chi connectivity index (χ2n) is 5.19. The number of hydrogen-bond acceptors (Lipinski definition) is 3. The number of aryl methyl sites for hydroxylation is 2. The van der Waals surface area contributed by atoms with E-state index in [0.717, 1.165) is 43.6 Å². The molecule has 0 spiro atoms. The van der Waals surface area contributed by atoms with Gasteiger partial charge < -0.3 is 0 Å². The number of likely N-dealkylation sites (N-methyl/N-ethyl adjacent to an activating group) is 1. The van der Waals surface area contributed by atoms with Crippen LogP contribution in [0.25, 0.3) is 0 Å². The number of rotatable bonds is 3. The predicted octanol–water partition coefficient (Wildman–Crippen LogP) is 1.91. The topological polar surface area (TPSA) is 24.3 Å². The van der Waals surface area contributed by atoms with Crippen LogP contribution in [0, 0.1) is 6.92 Å². The van der Waals surface area contributed by atoms with Crippen LogP contribution in [0.5, 0.6) is 0 Å². The molecule has 1 unspecified atom stereocenters. The lowest BCUT2D eigenvalue weighted by Gasteiger charge is -2.39. The first-order valence-electron chi connectivity index (χ1n) is 6.67. The van der Waals surface area contributed by atoms with Gasteiger partial charge in [-0.25, -0.2) is 0 Å². The zero-order valence-corrected chi connectivity index (χ0v) is 12.5. The third kappa shape index (κ3) is 2.71. The van der Waals surface area contributed by atoms with Gasteiger partial charge in [-0.15, -0.1) is 0 Å². The molecule has 1 saturated heterocycles.